The van der Waals surface area contributed by atoms with Gasteiger partial charge in [-0.1, -0.05) is 25.7 Å². The Labute approximate surface area is 59.4 Å². The molecule has 1 radical (unpaired) electrons. The maximum Gasteiger partial charge on any atom is 0.0700 e. The zero-order valence-corrected chi connectivity index (χ0v) is 7.74. The molecule has 0 fully saturated rings. The second-order valence-corrected chi connectivity index (χ2v) is 9.19. The van der Waals surface area contributed by atoms with Crippen LogP contribution in [0.1, 0.15) is 6.42 Å². The highest BCUT2D eigenvalue weighted by molar-refractivity contribution is 6.76. The third kappa shape index (κ3) is 8.18. The highest BCUT2D eigenvalue weighted by atomic mass is 28.3. The molecule has 0 atom stereocenters. The van der Waals surface area contributed by atoms with Gasteiger partial charge in [-0.3, -0.25) is 0 Å². The molecule has 0 unspecified atom stereocenters. The van der Waals surface area contributed by atoms with Crippen molar-refractivity contribution in [3.8, 4) is 0 Å². The lowest BCUT2D eigenvalue weighted by molar-refractivity contribution is 0.242. The highest BCUT2D eigenvalue weighted by Gasteiger charge is 2.10. The first-order valence-electron chi connectivity index (χ1n) is 3.43. The van der Waals surface area contributed by atoms with Crippen LogP contribution in [-0.4, -0.2) is 14.7 Å². The standard InChI is InChI=1S/C7H17OSi/c1-8-6-5-7-9(2,3)4/h1,5-7H2,2-4H3. The fourth-order valence-electron chi connectivity index (χ4n) is 0.705. The van der Waals surface area contributed by atoms with Crippen molar-refractivity contribution in [1.82, 2.24) is 0 Å². The van der Waals surface area contributed by atoms with Crippen molar-refractivity contribution in [2.45, 2.75) is 32.1 Å². The largest absolute Gasteiger partial charge is 0.379 e. The van der Waals surface area contributed by atoms with Crippen molar-refractivity contribution in [2.75, 3.05) is 6.61 Å². The summed E-state index contributed by atoms with van der Waals surface area (Å²) < 4.78 is 4.71. The molecule has 0 heterocycles. The lowest BCUT2D eigenvalue weighted by Gasteiger charge is -2.14. The molecule has 0 saturated heterocycles. The van der Waals surface area contributed by atoms with E-state index in [-0.39, 0.29) is 0 Å². The quantitative estimate of drug-likeness (QED) is 0.436. The van der Waals surface area contributed by atoms with E-state index in [1.165, 1.54) is 12.5 Å². The lowest BCUT2D eigenvalue weighted by atomic mass is 10.5. The number of ether oxygens (including phenoxy) is 1. The normalized spacial score (nSPS) is 12.0. The van der Waals surface area contributed by atoms with Crippen molar-refractivity contribution in [2.24, 2.45) is 0 Å². The maximum atomic E-state index is 4.71. The molecule has 0 bridgehead atoms. The van der Waals surface area contributed by atoms with Crippen molar-refractivity contribution in [3.63, 3.8) is 0 Å². The summed E-state index contributed by atoms with van der Waals surface area (Å²) in [4.78, 5) is 0. The van der Waals surface area contributed by atoms with E-state index in [1.807, 2.05) is 0 Å². The first-order valence-corrected chi connectivity index (χ1v) is 7.14. The lowest BCUT2D eigenvalue weighted by Crippen LogP contribution is -2.19. The van der Waals surface area contributed by atoms with Crippen LogP contribution in [0.15, 0.2) is 0 Å². The summed E-state index contributed by atoms with van der Waals surface area (Å²) in [6, 6.07) is 1.35. The van der Waals surface area contributed by atoms with Crippen molar-refractivity contribution < 1.29 is 4.74 Å². The minimum Gasteiger partial charge on any atom is -0.379 e. The monoisotopic (exact) mass is 145 g/mol. The average Bonchev–Trinajstić information content (AvgIpc) is 1.63. The fraction of sp³-hybridized carbons (Fsp3) is 0.857. The van der Waals surface area contributed by atoms with E-state index in [0.717, 1.165) is 6.61 Å². The summed E-state index contributed by atoms with van der Waals surface area (Å²) in [7, 11) is 2.52. The Bertz CT molecular complexity index is 65.8. The first kappa shape index (κ1) is 9.18. The van der Waals surface area contributed by atoms with E-state index in [0.29, 0.717) is 0 Å². The van der Waals surface area contributed by atoms with Crippen molar-refractivity contribution in [3.05, 3.63) is 7.11 Å². The van der Waals surface area contributed by atoms with Crippen molar-refractivity contribution >= 4 is 8.07 Å². The van der Waals surface area contributed by atoms with Gasteiger partial charge in [0, 0.05) is 14.7 Å². The van der Waals surface area contributed by atoms with Crippen LogP contribution in [0, 0.1) is 7.11 Å². The van der Waals surface area contributed by atoms with Crippen LogP contribution >= 0.6 is 0 Å². The minimum absolute atomic E-state index is 0.802. The van der Waals surface area contributed by atoms with E-state index in [1.54, 1.807) is 0 Å². The number of rotatable bonds is 4. The Morgan fingerprint density at radius 3 is 2.22 bits per heavy atom. The molecule has 0 aromatic heterocycles. The summed E-state index contributed by atoms with van der Waals surface area (Å²) >= 11 is 0. The molecule has 0 N–H and O–H groups in total. The highest BCUT2D eigenvalue weighted by Crippen LogP contribution is 2.10. The topological polar surface area (TPSA) is 9.23 Å². The van der Waals surface area contributed by atoms with E-state index in [9.17, 15) is 0 Å². The van der Waals surface area contributed by atoms with Crippen LogP contribution in [0.5, 0.6) is 0 Å². The predicted octanol–water partition coefficient (Wildman–Crippen LogP) is 2.52. The molecule has 0 aromatic carbocycles. The predicted molar refractivity (Wildman–Crippen MR) is 44.1 cm³/mol. The molecule has 9 heavy (non-hydrogen) atoms. The first-order chi connectivity index (χ1) is 4.06. The van der Waals surface area contributed by atoms with Gasteiger partial charge < -0.3 is 4.74 Å². The molecule has 0 aliphatic rings. The summed E-state index contributed by atoms with van der Waals surface area (Å²) in [6.45, 7) is 7.94. The zero-order chi connectivity index (χ0) is 7.33. The summed E-state index contributed by atoms with van der Waals surface area (Å²) in [5, 5.41) is 0. The number of hydrogen-bond acceptors (Lipinski definition) is 1. The third-order valence-electron chi connectivity index (χ3n) is 1.22. The van der Waals surface area contributed by atoms with Gasteiger partial charge >= 0.3 is 0 Å². The van der Waals surface area contributed by atoms with Gasteiger partial charge in [-0.2, -0.15) is 0 Å². The van der Waals surface area contributed by atoms with Gasteiger partial charge in [-0.05, 0) is 6.42 Å². The van der Waals surface area contributed by atoms with Crippen LogP contribution in [-0.2, 0) is 4.74 Å². The Morgan fingerprint density at radius 2 is 1.89 bits per heavy atom. The van der Waals surface area contributed by atoms with Crippen LogP contribution in [0.3, 0.4) is 0 Å². The molecule has 1 nitrogen and oxygen atoms in total. The van der Waals surface area contributed by atoms with Gasteiger partial charge in [-0.25, -0.2) is 0 Å². The van der Waals surface area contributed by atoms with Gasteiger partial charge in [0.15, 0.2) is 0 Å². The molecule has 0 aliphatic heterocycles. The van der Waals surface area contributed by atoms with Crippen LogP contribution < -0.4 is 0 Å². The summed E-state index contributed by atoms with van der Waals surface area (Å²) in [5.74, 6) is 0. The second kappa shape index (κ2) is 4.07. The smallest absolute Gasteiger partial charge is 0.0700 e. The third-order valence-corrected chi connectivity index (χ3v) is 3.07. The molecule has 55 valence electrons. The Morgan fingerprint density at radius 1 is 1.33 bits per heavy atom. The van der Waals surface area contributed by atoms with Crippen molar-refractivity contribution in [1.29, 1.82) is 0 Å². The van der Waals surface area contributed by atoms with Gasteiger partial charge in [0.1, 0.15) is 0 Å². The molecule has 0 rings (SSSR count). The van der Waals surface area contributed by atoms with E-state index >= 15 is 0 Å². The number of hydrogen-bond donors (Lipinski definition) is 0. The van der Waals surface area contributed by atoms with Gasteiger partial charge in [0.05, 0.1) is 7.11 Å². The summed E-state index contributed by atoms with van der Waals surface area (Å²) in [5.41, 5.74) is 0. The molecular formula is C7H17OSi. The fourth-order valence-corrected chi connectivity index (χ4v) is 1.91. The molecule has 0 amide bonds. The molecular weight excluding hydrogens is 128 g/mol. The molecule has 0 saturated carbocycles. The van der Waals surface area contributed by atoms with Gasteiger partial charge in [0.25, 0.3) is 0 Å². The van der Waals surface area contributed by atoms with Gasteiger partial charge in [-0.15, -0.1) is 0 Å². The zero-order valence-electron chi connectivity index (χ0n) is 6.74. The molecule has 0 aromatic rings. The Balaban J connectivity index is 3.07. The van der Waals surface area contributed by atoms with Crippen LogP contribution in [0.4, 0.5) is 0 Å². The molecule has 2 heteroatoms. The Kier molecular flexibility index (Phi) is 4.15. The average molecular weight is 145 g/mol. The molecule has 0 spiro atoms. The van der Waals surface area contributed by atoms with E-state index in [2.05, 4.69) is 26.8 Å². The van der Waals surface area contributed by atoms with Gasteiger partial charge in [0.2, 0.25) is 0 Å². The Hall–Kier alpha value is 0.177. The van der Waals surface area contributed by atoms with Crippen LogP contribution in [0.2, 0.25) is 25.7 Å². The molecule has 0 aliphatic carbocycles. The minimum atomic E-state index is -0.802. The van der Waals surface area contributed by atoms with Crippen LogP contribution in [0.25, 0.3) is 0 Å². The summed E-state index contributed by atoms with van der Waals surface area (Å²) in [6.07, 6.45) is 1.18. The maximum absolute atomic E-state index is 4.71. The van der Waals surface area contributed by atoms with E-state index in [4.69, 9.17) is 4.74 Å². The SMILES string of the molecule is [CH2]OCCC[Si](C)(C)C. The second-order valence-electron chi connectivity index (χ2n) is 3.57. The van der Waals surface area contributed by atoms with E-state index < -0.39 is 8.07 Å².